The predicted molar refractivity (Wildman–Crippen MR) is 101 cm³/mol. The minimum Gasteiger partial charge on any atom is -0.354 e. The predicted octanol–water partition coefficient (Wildman–Crippen LogP) is 2.60. The van der Waals surface area contributed by atoms with Gasteiger partial charge < -0.3 is 10.6 Å². The molecular weight excluding hydrogens is 328 g/mol. The van der Waals surface area contributed by atoms with E-state index in [1.165, 1.54) is 0 Å². The number of fused-ring (bicyclic) bond motifs is 1. The molecular formula is C20H22N4O2. The quantitative estimate of drug-likeness (QED) is 0.573. The number of rotatable bonds is 7. The summed E-state index contributed by atoms with van der Waals surface area (Å²) in [6.07, 6.45) is 0.724. The zero-order valence-electron chi connectivity index (χ0n) is 14.7. The van der Waals surface area contributed by atoms with E-state index in [4.69, 9.17) is 0 Å². The summed E-state index contributed by atoms with van der Waals surface area (Å²) >= 11 is 0. The number of nitrogens with zero attached hydrogens (tertiary/aromatic N) is 1. The zero-order chi connectivity index (χ0) is 18.4. The lowest BCUT2D eigenvalue weighted by atomic mass is 9.96. The first-order valence-electron chi connectivity index (χ1n) is 8.74. The van der Waals surface area contributed by atoms with Crippen molar-refractivity contribution >= 4 is 22.7 Å². The molecule has 1 atom stereocenters. The molecule has 0 saturated carbocycles. The fraction of sp³-hybridized carbons (Fsp3) is 0.250. The third-order valence-electron chi connectivity index (χ3n) is 4.32. The number of carbonyl (C=O) groups is 2. The Bertz CT molecular complexity index is 889. The number of hydrogen-bond donors (Lipinski definition) is 3. The second kappa shape index (κ2) is 8.29. The van der Waals surface area contributed by atoms with Crippen molar-refractivity contribution in [2.45, 2.75) is 19.3 Å². The van der Waals surface area contributed by atoms with E-state index in [1.807, 2.05) is 61.5 Å². The Labute approximate surface area is 152 Å². The van der Waals surface area contributed by atoms with Crippen LogP contribution in [0.4, 0.5) is 0 Å². The van der Waals surface area contributed by atoms with Crippen molar-refractivity contribution in [1.29, 1.82) is 0 Å². The Morgan fingerprint density at radius 2 is 1.69 bits per heavy atom. The summed E-state index contributed by atoms with van der Waals surface area (Å²) in [5.74, 6) is -0.466. The number of benzene rings is 2. The van der Waals surface area contributed by atoms with Gasteiger partial charge in [-0.15, -0.1) is 0 Å². The molecule has 0 radical (unpaired) electrons. The molecule has 0 aliphatic carbocycles. The number of aromatic amines is 1. The number of aromatic nitrogens is 2. The van der Waals surface area contributed by atoms with E-state index < -0.39 is 0 Å². The van der Waals surface area contributed by atoms with Gasteiger partial charge in [-0.3, -0.25) is 14.7 Å². The van der Waals surface area contributed by atoms with Crippen LogP contribution in [0.25, 0.3) is 10.9 Å². The molecule has 2 aromatic carbocycles. The van der Waals surface area contributed by atoms with Crippen molar-refractivity contribution in [3.05, 3.63) is 65.9 Å². The molecule has 2 amide bonds. The zero-order valence-corrected chi connectivity index (χ0v) is 14.7. The number of carbonyl (C=O) groups excluding carboxylic acids is 2. The average molecular weight is 350 g/mol. The first-order chi connectivity index (χ1) is 12.7. The van der Waals surface area contributed by atoms with Gasteiger partial charge in [0.2, 0.25) is 5.91 Å². The summed E-state index contributed by atoms with van der Waals surface area (Å²) in [5, 5.41) is 13.4. The molecule has 1 unspecified atom stereocenters. The van der Waals surface area contributed by atoms with Gasteiger partial charge in [0, 0.05) is 18.5 Å². The van der Waals surface area contributed by atoms with Crippen LogP contribution in [-0.4, -0.2) is 35.1 Å². The van der Waals surface area contributed by atoms with E-state index in [-0.39, 0.29) is 17.7 Å². The molecule has 0 saturated heterocycles. The average Bonchev–Trinajstić information content (AvgIpc) is 3.11. The summed E-state index contributed by atoms with van der Waals surface area (Å²) in [6.45, 7) is 2.70. The minimum absolute atomic E-state index is 0.0295. The van der Waals surface area contributed by atoms with Crippen LogP contribution in [0.1, 0.15) is 35.3 Å². The number of amides is 2. The van der Waals surface area contributed by atoms with E-state index >= 15 is 0 Å². The molecule has 6 heteroatoms. The van der Waals surface area contributed by atoms with Crippen molar-refractivity contribution in [2.24, 2.45) is 0 Å². The molecule has 0 aliphatic heterocycles. The van der Waals surface area contributed by atoms with Crippen LogP contribution in [0.3, 0.4) is 0 Å². The maximum Gasteiger partial charge on any atom is 0.272 e. The van der Waals surface area contributed by atoms with Gasteiger partial charge in [0.1, 0.15) is 0 Å². The molecule has 3 rings (SSSR count). The van der Waals surface area contributed by atoms with Crippen molar-refractivity contribution in [2.75, 3.05) is 13.1 Å². The Kier molecular flexibility index (Phi) is 5.63. The smallest absolute Gasteiger partial charge is 0.272 e. The van der Waals surface area contributed by atoms with Gasteiger partial charge in [-0.1, -0.05) is 55.5 Å². The fourth-order valence-electron chi connectivity index (χ4n) is 2.96. The largest absolute Gasteiger partial charge is 0.354 e. The Morgan fingerprint density at radius 1 is 1.00 bits per heavy atom. The lowest BCUT2D eigenvalue weighted by molar-refractivity contribution is -0.122. The van der Waals surface area contributed by atoms with Crippen LogP contribution in [0.15, 0.2) is 54.6 Å². The molecule has 3 aromatic rings. The molecule has 6 nitrogen and oxygen atoms in total. The SMILES string of the molecule is CCC(C(=O)NCCNC(=O)c1n[nH]c2ccccc12)c1ccccc1. The van der Waals surface area contributed by atoms with Crippen LogP contribution in [0.5, 0.6) is 0 Å². The first-order valence-corrected chi connectivity index (χ1v) is 8.74. The van der Waals surface area contributed by atoms with Crippen LogP contribution in [0.2, 0.25) is 0 Å². The highest BCUT2D eigenvalue weighted by molar-refractivity contribution is 6.04. The Balaban J connectivity index is 1.50. The van der Waals surface area contributed by atoms with E-state index in [2.05, 4.69) is 20.8 Å². The second-order valence-electron chi connectivity index (χ2n) is 6.04. The normalized spacial score (nSPS) is 11.9. The van der Waals surface area contributed by atoms with Gasteiger partial charge >= 0.3 is 0 Å². The maximum absolute atomic E-state index is 12.4. The van der Waals surface area contributed by atoms with Crippen LogP contribution in [-0.2, 0) is 4.79 Å². The molecule has 0 bridgehead atoms. The van der Waals surface area contributed by atoms with E-state index in [0.29, 0.717) is 18.8 Å². The van der Waals surface area contributed by atoms with Crippen molar-refractivity contribution < 1.29 is 9.59 Å². The summed E-state index contributed by atoms with van der Waals surface area (Å²) in [4.78, 5) is 24.7. The lowest BCUT2D eigenvalue weighted by Gasteiger charge is -2.15. The molecule has 1 aromatic heterocycles. The first kappa shape index (κ1) is 17.7. The van der Waals surface area contributed by atoms with Crippen molar-refractivity contribution in [3.63, 3.8) is 0 Å². The summed E-state index contributed by atoms with van der Waals surface area (Å²) in [5.41, 5.74) is 2.18. The van der Waals surface area contributed by atoms with Crippen molar-refractivity contribution in [1.82, 2.24) is 20.8 Å². The third-order valence-corrected chi connectivity index (χ3v) is 4.32. The second-order valence-corrected chi connectivity index (χ2v) is 6.04. The topological polar surface area (TPSA) is 86.9 Å². The highest BCUT2D eigenvalue weighted by Gasteiger charge is 2.18. The van der Waals surface area contributed by atoms with Crippen LogP contribution in [0, 0.1) is 0 Å². The lowest BCUT2D eigenvalue weighted by Crippen LogP contribution is -2.37. The maximum atomic E-state index is 12.4. The van der Waals surface area contributed by atoms with Crippen LogP contribution >= 0.6 is 0 Å². The summed E-state index contributed by atoms with van der Waals surface area (Å²) in [7, 11) is 0. The van der Waals surface area contributed by atoms with Crippen LogP contribution < -0.4 is 10.6 Å². The van der Waals surface area contributed by atoms with Gasteiger partial charge in [-0.05, 0) is 18.1 Å². The Hall–Kier alpha value is -3.15. The standard InChI is InChI=1S/C20H22N4O2/c1-2-15(14-8-4-3-5-9-14)19(25)21-12-13-22-20(26)18-16-10-6-7-11-17(16)23-24-18/h3-11,15H,2,12-13H2,1H3,(H,21,25)(H,22,26)(H,23,24). The molecule has 26 heavy (non-hydrogen) atoms. The highest BCUT2D eigenvalue weighted by Crippen LogP contribution is 2.19. The van der Waals surface area contributed by atoms with E-state index in [9.17, 15) is 9.59 Å². The van der Waals surface area contributed by atoms with Gasteiger partial charge in [0.25, 0.3) is 5.91 Å². The molecule has 0 aliphatic rings. The molecule has 0 fully saturated rings. The third kappa shape index (κ3) is 3.91. The van der Waals surface area contributed by atoms with Gasteiger partial charge in [-0.2, -0.15) is 5.10 Å². The highest BCUT2D eigenvalue weighted by atomic mass is 16.2. The summed E-state index contributed by atoms with van der Waals surface area (Å²) in [6, 6.07) is 17.2. The van der Waals surface area contributed by atoms with Gasteiger partial charge in [0.05, 0.1) is 11.4 Å². The van der Waals surface area contributed by atoms with Gasteiger partial charge in [0.15, 0.2) is 5.69 Å². The number of H-pyrrole nitrogens is 1. The molecule has 134 valence electrons. The Morgan fingerprint density at radius 3 is 2.46 bits per heavy atom. The monoisotopic (exact) mass is 350 g/mol. The van der Waals surface area contributed by atoms with Gasteiger partial charge in [-0.25, -0.2) is 0 Å². The summed E-state index contributed by atoms with van der Waals surface area (Å²) < 4.78 is 0. The van der Waals surface area contributed by atoms with Crippen molar-refractivity contribution in [3.8, 4) is 0 Å². The molecule has 1 heterocycles. The number of nitrogens with one attached hydrogen (secondary N) is 3. The van der Waals surface area contributed by atoms with E-state index in [1.54, 1.807) is 0 Å². The fourth-order valence-corrected chi connectivity index (χ4v) is 2.96. The van der Waals surface area contributed by atoms with E-state index in [0.717, 1.165) is 22.9 Å². The minimum atomic E-state index is -0.258. The molecule has 3 N–H and O–H groups in total. The number of hydrogen-bond acceptors (Lipinski definition) is 3. The number of para-hydroxylation sites is 1. The molecule has 0 spiro atoms.